The summed E-state index contributed by atoms with van der Waals surface area (Å²) in [6, 6.07) is 19.3. The number of nitrogens with zero attached hydrogens (tertiary/aromatic N) is 1. The number of carbonyl (C=O) groups is 2. The molecule has 0 aliphatic carbocycles. The Hall–Kier alpha value is -3.67. The summed E-state index contributed by atoms with van der Waals surface area (Å²) in [4.78, 5) is 27.4. The second-order valence-corrected chi connectivity index (χ2v) is 8.37. The van der Waals surface area contributed by atoms with Crippen molar-refractivity contribution < 1.29 is 19.4 Å². The highest BCUT2D eigenvalue weighted by atomic mass is 16.5. The van der Waals surface area contributed by atoms with Gasteiger partial charge in [0.25, 0.3) is 5.91 Å². The van der Waals surface area contributed by atoms with E-state index in [4.69, 9.17) is 9.84 Å². The number of nitrogens with one attached hydrogen (secondary N) is 1. The zero-order chi connectivity index (χ0) is 24.3. The van der Waals surface area contributed by atoms with Crippen molar-refractivity contribution in [2.45, 2.75) is 52.1 Å². The van der Waals surface area contributed by atoms with Crippen molar-refractivity contribution in [2.24, 2.45) is 0 Å². The van der Waals surface area contributed by atoms with Crippen molar-refractivity contribution in [1.82, 2.24) is 10.3 Å². The number of unbranched alkanes of at least 4 members (excludes halogenated alkanes) is 2. The number of benzene rings is 2. The normalized spacial score (nSPS) is 11.6. The molecule has 0 aliphatic heterocycles. The average molecular weight is 461 g/mol. The van der Waals surface area contributed by atoms with Gasteiger partial charge >= 0.3 is 5.97 Å². The minimum Gasteiger partial charge on any atom is -0.486 e. The molecule has 3 rings (SSSR count). The zero-order valence-electron chi connectivity index (χ0n) is 19.8. The number of rotatable bonds is 12. The number of hydrogen-bond acceptors (Lipinski definition) is 4. The van der Waals surface area contributed by atoms with Crippen LogP contribution < -0.4 is 10.1 Å². The van der Waals surface area contributed by atoms with E-state index in [-0.39, 0.29) is 25.0 Å². The first-order valence-electron chi connectivity index (χ1n) is 11.8. The van der Waals surface area contributed by atoms with Gasteiger partial charge in [0.05, 0.1) is 12.1 Å². The smallest absolute Gasteiger partial charge is 0.305 e. The third-order valence-corrected chi connectivity index (χ3v) is 5.59. The van der Waals surface area contributed by atoms with Crippen LogP contribution in [-0.4, -0.2) is 28.5 Å². The second kappa shape index (κ2) is 12.5. The number of ether oxygens (including phenoxy) is 1. The fraction of sp³-hybridized carbons (Fsp3) is 0.321. The number of aromatic nitrogens is 1. The third-order valence-electron chi connectivity index (χ3n) is 5.59. The molecule has 2 N–H and O–H groups in total. The van der Waals surface area contributed by atoms with E-state index in [9.17, 15) is 9.59 Å². The van der Waals surface area contributed by atoms with Crippen molar-refractivity contribution in [3.63, 3.8) is 0 Å². The number of carbonyl (C=O) groups excluding carboxylic acids is 1. The standard InChI is InChI=1S/C28H32N2O4/c1-3-4-5-6-26(23-13-16-25(30-19-23)21-9-7-20(2)8-10-21)34-24-14-11-22(12-15-24)28(33)29-18-17-27(31)32/h7-16,19,26H,3-6,17-18H2,1-2H3,(H,29,33)(H,31,32). The molecule has 178 valence electrons. The van der Waals surface area contributed by atoms with Crippen molar-refractivity contribution in [3.8, 4) is 17.0 Å². The summed E-state index contributed by atoms with van der Waals surface area (Å²) in [6.45, 7) is 4.34. The Kier molecular flexibility index (Phi) is 9.21. The Labute approximate surface area is 201 Å². The number of carboxylic acids is 1. The highest BCUT2D eigenvalue weighted by Crippen LogP contribution is 2.28. The quantitative estimate of drug-likeness (QED) is 0.326. The summed E-state index contributed by atoms with van der Waals surface area (Å²) >= 11 is 0. The van der Waals surface area contributed by atoms with E-state index in [1.54, 1.807) is 24.3 Å². The van der Waals surface area contributed by atoms with Crippen LogP contribution in [0.25, 0.3) is 11.3 Å². The lowest BCUT2D eigenvalue weighted by molar-refractivity contribution is -0.136. The number of carboxylic acid groups (broad SMARTS) is 1. The predicted molar refractivity (Wildman–Crippen MR) is 133 cm³/mol. The Bertz CT molecular complexity index is 1060. The van der Waals surface area contributed by atoms with Gasteiger partial charge in [-0.15, -0.1) is 0 Å². The van der Waals surface area contributed by atoms with Gasteiger partial charge in [0.15, 0.2) is 0 Å². The topological polar surface area (TPSA) is 88.5 Å². The molecule has 0 bridgehead atoms. The summed E-state index contributed by atoms with van der Waals surface area (Å²) < 4.78 is 6.31. The van der Waals surface area contributed by atoms with Crippen molar-refractivity contribution in [2.75, 3.05) is 6.54 Å². The van der Waals surface area contributed by atoms with Gasteiger partial charge in [-0.3, -0.25) is 14.6 Å². The average Bonchev–Trinajstić information content (AvgIpc) is 2.84. The van der Waals surface area contributed by atoms with Crippen LogP contribution in [0.5, 0.6) is 5.75 Å². The lowest BCUT2D eigenvalue weighted by Crippen LogP contribution is -2.25. The van der Waals surface area contributed by atoms with Crippen LogP contribution >= 0.6 is 0 Å². The Morgan fingerprint density at radius 3 is 2.35 bits per heavy atom. The van der Waals surface area contributed by atoms with Gasteiger partial charge in [0.2, 0.25) is 0 Å². The largest absolute Gasteiger partial charge is 0.486 e. The van der Waals surface area contributed by atoms with Crippen molar-refractivity contribution in [1.29, 1.82) is 0 Å². The first kappa shape index (κ1) is 25.0. The number of pyridine rings is 1. The molecule has 0 saturated carbocycles. The number of amides is 1. The van der Waals surface area contributed by atoms with E-state index in [2.05, 4.69) is 54.5 Å². The molecule has 3 aromatic rings. The van der Waals surface area contributed by atoms with Gasteiger partial charge < -0.3 is 15.2 Å². The molecule has 0 radical (unpaired) electrons. The lowest BCUT2D eigenvalue weighted by atomic mass is 10.0. The van der Waals surface area contributed by atoms with E-state index in [1.807, 2.05) is 12.3 Å². The second-order valence-electron chi connectivity index (χ2n) is 8.37. The molecule has 1 heterocycles. The molecular formula is C28H32N2O4. The minimum absolute atomic E-state index is 0.0947. The highest BCUT2D eigenvalue weighted by molar-refractivity contribution is 5.94. The molecule has 6 nitrogen and oxygen atoms in total. The summed E-state index contributed by atoms with van der Waals surface area (Å²) in [5, 5.41) is 11.3. The van der Waals surface area contributed by atoms with Crippen LogP contribution in [0.15, 0.2) is 66.9 Å². The minimum atomic E-state index is -0.945. The van der Waals surface area contributed by atoms with Gasteiger partial charge in [-0.05, 0) is 50.1 Å². The molecule has 0 saturated heterocycles. The van der Waals surface area contributed by atoms with Gasteiger partial charge in [0, 0.05) is 29.4 Å². The van der Waals surface area contributed by atoms with Crippen LogP contribution in [0.2, 0.25) is 0 Å². The van der Waals surface area contributed by atoms with E-state index in [0.29, 0.717) is 11.3 Å². The van der Waals surface area contributed by atoms with Crippen molar-refractivity contribution in [3.05, 3.63) is 83.6 Å². The van der Waals surface area contributed by atoms with E-state index >= 15 is 0 Å². The number of aliphatic carboxylic acids is 1. The van der Waals surface area contributed by atoms with Crippen LogP contribution in [0.1, 0.15) is 66.6 Å². The molecule has 6 heteroatoms. The first-order valence-corrected chi connectivity index (χ1v) is 11.8. The Morgan fingerprint density at radius 1 is 1.00 bits per heavy atom. The summed E-state index contributed by atoms with van der Waals surface area (Å²) in [5.74, 6) is -0.575. The zero-order valence-corrected chi connectivity index (χ0v) is 19.8. The third kappa shape index (κ3) is 7.44. The molecule has 1 unspecified atom stereocenters. The maximum atomic E-state index is 12.2. The SMILES string of the molecule is CCCCCC(Oc1ccc(C(=O)NCCC(=O)O)cc1)c1ccc(-c2ccc(C)cc2)nc1. The summed E-state index contributed by atoms with van der Waals surface area (Å²) in [6.07, 6.45) is 5.81. The lowest BCUT2D eigenvalue weighted by Gasteiger charge is -2.20. The van der Waals surface area contributed by atoms with E-state index < -0.39 is 5.97 Å². The Morgan fingerprint density at radius 2 is 1.74 bits per heavy atom. The van der Waals surface area contributed by atoms with Gasteiger partial charge in [-0.1, -0.05) is 55.7 Å². The van der Waals surface area contributed by atoms with Gasteiger partial charge in [-0.25, -0.2) is 0 Å². The molecule has 0 spiro atoms. The molecule has 0 fully saturated rings. The maximum absolute atomic E-state index is 12.2. The predicted octanol–water partition coefficient (Wildman–Crippen LogP) is 5.96. The maximum Gasteiger partial charge on any atom is 0.305 e. The first-order chi connectivity index (χ1) is 16.5. The summed E-state index contributed by atoms with van der Waals surface area (Å²) in [5.41, 5.74) is 4.70. The van der Waals surface area contributed by atoms with Crippen LogP contribution in [-0.2, 0) is 4.79 Å². The molecule has 0 aliphatic rings. The van der Waals surface area contributed by atoms with Gasteiger partial charge in [-0.2, -0.15) is 0 Å². The number of aryl methyl sites for hydroxylation is 1. The van der Waals surface area contributed by atoms with Crippen LogP contribution in [0, 0.1) is 6.92 Å². The number of hydrogen-bond donors (Lipinski definition) is 2. The molecule has 1 aromatic heterocycles. The fourth-order valence-electron chi connectivity index (χ4n) is 3.60. The van der Waals surface area contributed by atoms with Crippen LogP contribution in [0.4, 0.5) is 0 Å². The van der Waals surface area contributed by atoms with Crippen molar-refractivity contribution >= 4 is 11.9 Å². The molecular weight excluding hydrogens is 428 g/mol. The fourth-order valence-corrected chi connectivity index (χ4v) is 3.60. The molecule has 1 amide bonds. The van der Waals surface area contributed by atoms with Gasteiger partial charge in [0.1, 0.15) is 11.9 Å². The molecule has 2 aromatic carbocycles. The summed E-state index contributed by atoms with van der Waals surface area (Å²) in [7, 11) is 0. The highest BCUT2D eigenvalue weighted by Gasteiger charge is 2.15. The van der Waals surface area contributed by atoms with Crippen LogP contribution in [0.3, 0.4) is 0 Å². The van der Waals surface area contributed by atoms with E-state index in [0.717, 1.165) is 42.5 Å². The molecule has 1 atom stereocenters. The molecule has 34 heavy (non-hydrogen) atoms. The monoisotopic (exact) mass is 460 g/mol. The Balaban J connectivity index is 1.69. The van der Waals surface area contributed by atoms with E-state index in [1.165, 1.54) is 5.56 Å².